The molecule has 2 atom stereocenters. The van der Waals surface area contributed by atoms with Gasteiger partial charge in [0, 0.05) is 11.6 Å². The average molecular weight is 287 g/mol. The number of hydrogen-bond donors (Lipinski definition) is 1. The van der Waals surface area contributed by atoms with E-state index >= 15 is 0 Å². The minimum atomic E-state index is -0.736. The molecule has 110 valence electrons. The summed E-state index contributed by atoms with van der Waals surface area (Å²) < 4.78 is 5.27. The molecule has 1 aliphatic rings. The molecule has 2 aromatic rings. The quantitative estimate of drug-likeness (QED) is 0.927. The van der Waals surface area contributed by atoms with E-state index < -0.39 is 5.97 Å². The molecule has 6 nitrogen and oxygen atoms in total. The highest BCUT2D eigenvalue weighted by Crippen LogP contribution is 2.26. The maximum absolute atomic E-state index is 11.1. The van der Waals surface area contributed by atoms with Gasteiger partial charge in [0.1, 0.15) is 0 Å². The summed E-state index contributed by atoms with van der Waals surface area (Å²) >= 11 is 0. The molecule has 1 saturated heterocycles. The Bertz CT molecular complexity index is 626. The fourth-order valence-corrected chi connectivity index (χ4v) is 2.75. The second-order valence-electron chi connectivity index (χ2n) is 5.32. The Labute approximate surface area is 122 Å². The lowest BCUT2D eigenvalue weighted by atomic mass is 10.0. The number of benzene rings is 1. The molecule has 0 bridgehead atoms. The number of aromatic nitrogens is 2. The van der Waals surface area contributed by atoms with Crippen molar-refractivity contribution < 1.29 is 14.4 Å². The molecule has 1 aromatic carbocycles. The van der Waals surface area contributed by atoms with Gasteiger partial charge in [-0.3, -0.25) is 9.69 Å². The van der Waals surface area contributed by atoms with Crippen molar-refractivity contribution in [1.82, 2.24) is 15.0 Å². The summed E-state index contributed by atoms with van der Waals surface area (Å²) in [4.78, 5) is 17.6. The number of rotatable bonds is 4. The second kappa shape index (κ2) is 5.65. The van der Waals surface area contributed by atoms with Crippen LogP contribution >= 0.6 is 0 Å². The van der Waals surface area contributed by atoms with E-state index in [1.807, 2.05) is 37.3 Å². The van der Waals surface area contributed by atoms with E-state index in [9.17, 15) is 4.79 Å². The molecule has 3 rings (SSSR count). The van der Waals surface area contributed by atoms with E-state index in [-0.39, 0.29) is 12.0 Å². The Morgan fingerprint density at radius 3 is 2.86 bits per heavy atom. The molecule has 1 aliphatic heterocycles. The standard InChI is InChI=1S/C15H17N3O3/c1-10-12(15(19)20)7-8-18(10)9-13-16-14(17-21-13)11-5-3-2-4-6-11/h2-6,10,12H,7-9H2,1H3,(H,19,20). The molecular formula is C15H17N3O3. The van der Waals surface area contributed by atoms with Crippen LogP contribution in [0.3, 0.4) is 0 Å². The molecule has 0 spiro atoms. The van der Waals surface area contributed by atoms with Crippen LogP contribution in [0.1, 0.15) is 19.2 Å². The van der Waals surface area contributed by atoms with E-state index in [0.29, 0.717) is 24.7 Å². The van der Waals surface area contributed by atoms with E-state index in [4.69, 9.17) is 9.63 Å². The molecule has 21 heavy (non-hydrogen) atoms. The Hall–Kier alpha value is -2.21. The predicted octanol–water partition coefficient (Wildman–Crippen LogP) is 2.03. The Morgan fingerprint density at radius 2 is 2.19 bits per heavy atom. The number of aliphatic carboxylic acids is 1. The van der Waals surface area contributed by atoms with Gasteiger partial charge in [0.2, 0.25) is 11.7 Å². The highest BCUT2D eigenvalue weighted by atomic mass is 16.5. The first kappa shape index (κ1) is 13.8. The molecule has 1 aromatic heterocycles. The van der Waals surface area contributed by atoms with E-state index in [2.05, 4.69) is 15.0 Å². The van der Waals surface area contributed by atoms with Crippen LogP contribution in [0.4, 0.5) is 0 Å². The Kier molecular flexibility index (Phi) is 3.70. The van der Waals surface area contributed by atoms with Gasteiger partial charge >= 0.3 is 5.97 Å². The van der Waals surface area contributed by atoms with E-state index in [1.165, 1.54) is 0 Å². The van der Waals surface area contributed by atoms with Gasteiger partial charge in [0.15, 0.2) is 0 Å². The van der Waals surface area contributed by atoms with E-state index in [0.717, 1.165) is 12.1 Å². The van der Waals surface area contributed by atoms with Crippen LogP contribution < -0.4 is 0 Å². The maximum Gasteiger partial charge on any atom is 0.308 e. The van der Waals surface area contributed by atoms with Crippen LogP contribution in [0.25, 0.3) is 11.4 Å². The van der Waals surface area contributed by atoms with Gasteiger partial charge in [-0.05, 0) is 19.9 Å². The average Bonchev–Trinajstić information content (AvgIpc) is 3.08. The monoisotopic (exact) mass is 287 g/mol. The van der Waals surface area contributed by atoms with Gasteiger partial charge in [-0.15, -0.1) is 0 Å². The summed E-state index contributed by atoms with van der Waals surface area (Å²) in [5.41, 5.74) is 0.908. The summed E-state index contributed by atoms with van der Waals surface area (Å²) in [6.45, 7) is 3.16. The van der Waals surface area contributed by atoms with Gasteiger partial charge in [-0.1, -0.05) is 35.5 Å². The molecule has 2 heterocycles. The number of likely N-dealkylation sites (tertiary alicyclic amines) is 1. The summed E-state index contributed by atoms with van der Waals surface area (Å²) in [5.74, 6) is 0.0287. The third kappa shape index (κ3) is 2.80. The van der Waals surface area contributed by atoms with Gasteiger partial charge in [-0.2, -0.15) is 4.98 Å². The van der Waals surface area contributed by atoms with Crippen LogP contribution in [-0.4, -0.2) is 38.7 Å². The third-order valence-corrected chi connectivity index (χ3v) is 4.04. The van der Waals surface area contributed by atoms with Crippen LogP contribution in [0.5, 0.6) is 0 Å². The Morgan fingerprint density at radius 1 is 1.43 bits per heavy atom. The first-order chi connectivity index (χ1) is 10.1. The smallest absolute Gasteiger partial charge is 0.308 e. The van der Waals surface area contributed by atoms with Gasteiger partial charge in [0.05, 0.1) is 12.5 Å². The van der Waals surface area contributed by atoms with Crippen molar-refractivity contribution in [3.8, 4) is 11.4 Å². The number of hydrogen-bond acceptors (Lipinski definition) is 5. The zero-order valence-electron chi connectivity index (χ0n) is 11.8. The number of carbonyl (C=O) groups is 1. The van der Waals surface area contributed by atoms with E-state index in [1.54, 1.807) is 0 Å². The molecule has 1 fully saturated rings. The molecule has 0 aliphatic carbocycles. The molecule has 0 amide bonds. The fraction of sp³-hybridized carbons (Fsp3) is 0.400. The zero-order valence-corrected chi connectivity index (χ0v) is 11.8. The zero-order chi connectivity index (χ0) is 14.8. The first-order valence-corrected chi connectivity index (χ1v) is 7.00. The van der Waals surface area contributed by atoms with Crippen LogP contribution in [0, 0.1) is 5.92 Å². The molecule has 1 N–H and O–H groups in total. The topological polar surface area (TPSA) is 79.5 Å². The second-order valence-corrected chi connectivity index (χ2v) is 5.32. The van der Waals surface area contributed by atoms with Crippen molar-refractivity contribution in [1.29, 1.82) is 0 Å². The van der Waals surface area contributed by atoms with Gasteiger partial charge in [-0.25, -0.2) is 0 Å². The minimum Gasteiger partial charge on any atom is -0.481 e. The highest BCUT2D eigenvalue weighted by Gasteiger charge is 2.36. The highest BCUT2D eigenvalue weighted by molar-refractivity contribution is 5.71. The van der Waals surface area contributed by atoms with Crippen LogP contribution in [0.15, 0.2) is 34.9 Å². The number of carboxylic acid groups (broad SMARTS) is 1. The van der Waals surface area contributed by atoms with Crippen molar-refractivity contribution in [2.75, 3.05) is 6.54 Å². The lowest BCUT2D eigenvalue weighted by Crippen LogP contribution is -2.32. The summed E-state index contributed by atoms with van der Waals surface area (Å²) in [6, 6.07) is 9.61. The molecule has 2 unspecified atom stereocenters. The van der Waals surface area contributed by atoms with Crippen molar-refractivity contribution in [2.45, 2.75) is 25.9 Å². The lowest BCUT2D eigenvalue weighted by Gasteiger charge is -2.20. The van der Waals surface area contributed by atoms with Crippen LogP contribution in [-0.2, 0) is 11.3 Å². The lowest BCUT2D eigenvalue weighted by molar-refractivity contribution is -0.142. The van der Waals surface area contributed by atoms with Crippen LogP contribution in [0.2, 0.25) is 0 Å². The Balaban J connectivity index is 1.70. The molecular weight excluding hydrogens is 270 g/mol. The van der Waals surface area contributed by atoms with Gasteiger partial charge in [0.25, 0.3) is 0 Å². The third-order valence-electron chi connectivity index (χ3n) is 4.04. The normalized spacial score (nSPS) is 22.5. The van der Waals surface area contributed by atoms with Crippen molar-refractivity contribution in [2.24, 2.45) is 5.92 Å². The molecule has 0 saturated carbocycles. The molecule has 6 heteroatoms. The number of carboxylic acids is 1. The number of nitrogens with zero attached hydrogens (tertiary/aromatic N) is 3. The predicted molar refractivity (Wildman–Crippen MR) is 75.3 cm³/mol. The van der Waals surface area contributed by atoms with Crippen molar-refractivity contribution in [3.05, 3.63) is 36.2 Å². The largest absolute Gasteiger partial charge is 0.481 e. The first-order valence-electron chi connectivity index (χ1n) is 7.00. The van der Waals surface area contributed by atoms with Crippen molar-refractivity contribution in [3.63, 3.8) is 0 Å². The summed E-state index contributed by atoms with van der Waals surface area (Å²) in [7, 11) is 0. The summed E-state index contributed by atoms with van der Waals surface area (Å²) in [5, 5.41) is 13.1. The van der Waals surface area contributed by atoms with Gasteiger partial charge < -0.3 is 9.63 Å². The maximum atomic E-state index is 11.1. The summed E-state index contributed by atoms with van der Waals surface area (Å²) in [6.07, 6.45) is 0.663. The SMILES string of the molecule is CC1C(C(=O)O)CCN1Cc1nc(-c2ccccc2)no1. The molecule has 0 radical (unpaired) electrons. The fourth-order valence-electron chi connectivity index (χ4n) is 2.75. The van der Waals surface area contributed by atoms with Crippen molar-refractivity contribution >= 4 is 5.97 Å². The minimum absolute atomic E-state index is 0.0189.